The molecule has 0 saturated carbocycles. The van der Waals surface area contributed by atoms with Crippen LogP contribution in [0.1, 0.15) is 10.4 Å². The van der Waals surface area contributed by atoms with Crippen molar-refractivity contribution in [3.8, 4) is 0 Å². The first-order valence-corrected chi connectivity index (χ1v) is 8.59. The van der Waals surface area contributed by atoms with Crippen LogP contribution in [-0.4, -0.2) is 38.1 Å². The van der Waals surface area contributed by atoms with Crippen LogP contribution in [0.5, 0.6) is 0 Å². The Morgan fingerprint density at radius 2 is 2.05 bits per heavy atom. The maximum absolute atomic E-state index is 3.51. The van der Waals surface area contributed by atoms with E-state index >= 15 is 0 Å². The minimum Gasteiger partial charge on any atom is -0.315 e. The van der Waals surface area contributed by atoms with Crippen molar-refractivity contribution < 1.29 is 0 Å². The van der Waals surface area contributed by atoms with Crippen molar-refractivity contribution in [2.45, 2.75) is 12.8 Å². The summed E-state index contributed by atoms with van der Waals surface area (Å²) in [7, 11) is 2.20. The van der Waals surface area contributed by atoms with Crippen molar-refractivity contribution in [1.82, 2.24) is 10.2 Å². The fourth-order valence-corrected chi connectivity index (χ4v) is 3.33. The second-order valence-electron chi connectivity index (χ2n) is 4.76. The number of nitrogens with zero attached hydrogens (tertiary/aromatic N) is 1. The molecule has 1 N–H and O–H groups in total. The number of nitrogens with one attached hydrogen (secondary N) is 1. The quantitative estimate of drug-likeness (QED) is 0.715. The lowest BCUT2D eigenvalue weighted by molar-refractivity contribution is 0.337. The predicted molar refractivity (Wildman–Crippen MR) is 86.4 cm³/mol. The molecular weight excluding hydrogens is 272 g/mol. The Balaban J connectivity index is 1.48. The summed E-state index contributed by atoms with van der Waals surface area (Å²) in [6.45, 7) is 4.42. The molecule has 4 heteroatoms. The van der Waals surface area contributed by atoms with Gasteiger partial charge in [0.15, 0.2) is 0 Å². The highest BCUT2D eigenvalue weighted by atomic mass is 32.1. The zero-order valence-corrected chi connectivity index (χ0v) is 13.1. The molecule has 0 aliphatic rings. The van der Waals surface area contributed by atoms with Crippen molar-refractivity contribution in [2.24, 2.45) is 0 Å². The van der Waals surface area contributed by atoms with Crippen LogP contribution in [0.4, 0.5) is 0 Å². The summed E-state index contributed by atoms with van der Waals surface area (Å²) >= 11 is 3.63. The molecule has 0 saturated heterocycles. The van der Waals surface area contributed by atoms with Crippen LogP contribution >= 0.6 is 22.7 Å². The van der Waals surface area contributed by atoms with Crippen molar-refractivity contribution >= 4 is 22.7 Å². The highest BCUT2D eigenvalue weighted by molar-refractivity contribution is 7.09. The Kier molecular flexibility index (Phi) is 6.57. The Bertz CT molecular complexity index is 423. The summed E-state index contributed by atoms with van der Waals surface area (Å²) < 4.78 is 0. The summed E-state index contributed by atoms with van der Waals surface area (Å²) in [6.07, 6.45) is 2.31. The SMILES string of the molecule is CN(CCNCCc1ccsc1)CCc1cccs1. The van der Waals surface area contributed by atoms with Gasteiger partial charge in [-0.25, -0.2) is 0 Å². The molecule has 0 aliphatic heterocycles. The third-order valence-corrected chi connectivity index (χ3v) is 4.83. The van der Waals surface area contributed by atoms with E-state index in [2.05, 4.69) is 51.6 Å². The fourth-order valence-electron chi connectivity index (χ4n) is 1.93. The van der Waals surface area contributed by atoms with E-state index in [1.165, 1.54) is 16.9 Å². The standard InChI is InChI=1S/C15H22N2S2/c1-17(9-5-15-3-2-11-19-15)10-8-16-7-4-14-6-12-18-13-14/h2-3,6,11-13,16H,4-5,7-10H2,1H3. The lowest BCUT2D eigenvalue weighted by Crippen LogP contribution is -2.31. The summed E-state index contributed by atoms with van der Waals surface area (Å²) in [4.78, 5) is 3.88. The van der Waals surface area contributed by atoms with Gasteiger partial charge >= 0.3 is 0 Å². The first-order chi connectivity index (χ1) is 9.34. The normalized spacial score (nSPS) is 11.3. The highest BCUT2D eigenvalue weighted by Crippen LogP contribution is 2.09. The molecule has 0 aliphatic carbocycles. The van der Waals surface area contributed by atoms with Crippen LogP contribution in [0.15, 0.2) is 34.3 Å². The summed E-state index contributed by atoms with van der Waals surface area (Å²) in [6, 6.07) is 6.56. The molecule has 0 radical (unpaired) electrons. The molecule has 0 spiro atoms. The summed E-state index contributed by atoms with van der Waals surface area (Å²) in [5.74, 6) is 0. The molecule has 2 nitrogen and oxygen atoms in total. The Morgan fingerprint density at radius 3 is 2.79 bits per heavy atom. The molecule has 0 unspecified atom stereocenters. The van der Waals surface area contributed by atoms with Crippen molar-refractivity contribution in [3.63, 3.8) is 0 Å². The number of rotatable bonds is 9. The lowest BCUT2D eigenvalue weighted by Gasteiger charge is -2.16. The molecule has 0 fully saturated rings. The van der Waals surface area contributed by atoms with Crippen LogP contribution in [0, 0.1) is 0 Å². The van der Waals surface area contributed by atoms with Gasteiger partial charge < -0.3 is 10.2 Å². The molecule has 2 aromatic heterocycles. The largest absolute Gasteiger partial charge is 0.315 e. The summed E-state index contributed by atoms with van der Waals surface area (Å²) in [5.41, 5.74) is 1.45. The van der Waals surface area contributed by atoms with Gasteiger partial charge in [0.2, 0.25) is 0 Å². The van der Waals surface area contributed by atoms with E-state index in [1.807, 2.05) is 11.3 Å². The van der Waals surface area contributed by atoms with Gasteiger partial charge in [0, 0.05) is 24.5 Å². The molecule has 0 amide bonds. The minimum absolute atomic E-state index is 1.07. The van der Waals surface area contributed by atoms with Crippen molar-refractivity contribution in [2.75, 3.05) is 33.2 Å². The third-order valence-electron chi connectivity index (χ3n) is 3.16. The molecule has 2 rings (SSSR count). The average molecular weight is 294 g/mol. The molecule has 19 heavy (non-hydrogen) atoms. The highest BCUT2D eigenvalue weighted by Gasteiger charge is 2.00. The second kappa shape index (κ2) is 8.48. The molecule has 2 heterocycles. The molecule has 2 aromatic rings. The van der Waals surface area contributed by atoms with Gasteiger partial charge in [0.25, 0.3) is 0 Å². The van der Waals surface area contributed by atoms with Crippen LogP contribution in [0.25, 0.3) is 0 Å². The monoisotopic (exact) mass is 294 g/mol. The fraction of sp³-hybridized carbons (Fsp3) is 0.467. The summed E-state index contributed by atoms with van der Waals surface area (Å²) in [5, 5.41) is 10.0. The maximum atomic E-state index is 3.51. The van der Waals surface area contributed by atoms with Crippen LogP contribution in [0.3, 0.4) is 0 Å². The first kappa shape index (κ1) is 14.7. The van der Waals surface area contributed by atoms with Gasteiger partial charge in [-0.1, -0.05) is 6.07 Å². The molecule has 0 bridgehead atoms. The first-order valence-electron chi connectivity index (χ1n) is 6.77. The van der Waals surface area contributed by atoms with E-state index in [4.69, 9.17) is 0 Å². The zero-order valence-electron chi connectivity index (χ0n) is 11.5. The van der Waals surface area contributed by atoms with Gasteiger partial charge in [-0.15, -0.1) is 11.3 Å². The Labute approximate surface area is 124 Å². The smallest absolute Gasteiger partial charge is 0.0104 e. The topological polar surface area (TPSA) is 15.3 Å². The van der Waals surface area contributed by atoms with Gasteiger partial charge in [-0.05, 0) is 60.3 Å². The number of thiophene rings is 2. The van der Waals surface area contributed by atoms with E-state index in [1.54, 1.807) is 11.3 Å². The van der Waals surface area contributed by atoms with Gasteiger partial charge in [0.05, 0.1) is 0 Å². The predicted octanol–water partition coefficient (Wildman–Crippen LogP) is 3.12. The van der Waals surface area contributed by atoms with Crippen LogP contribution < -0.4 is 5.32 Å². The maximum Gasteiger partial charge on any atom is 0.0104 e. The van der Waals surface area contributed by atoms with Crippen molar-refractivity contribution in [1.29, 1.82) is 0 Å². The average Bonchev–Trinajstić information content (AvgIpc) is 3.09. The van der Waals surface area contributed by atoms with E-state index in [0.29, 0.717) is 0 Å². The van der Waals surface area contributed by atoms with Gasteiger partial charge in [0.1, 0.15) is 0 Å². The molecule has 0 aromatic carbocycles. The third kappa shape index (κ3) is 5.87. The van der Waals surface area contributed by atoms with Gasteiger partial charge in [-0.2, -0.15) is 11.3 Å². The van der Waals surface area contributed by atoms with E-state index in [-0.39, 0.29) is 0 Å². The minimum atomic E-state index is 1.07. The number of hydrogen-bond donors (Lipinski definition) is 1. The zero-order chi connectivity index (χ0) is 13.3. The Hall–Kier alpha value is -0.680. The van der Waals surface area contributed by atoms with E-state index < -0.39 is 0 Å². The van der Waals surface area contributed by atoms with Crippen LogP contribution in [-0.2, 0) is 12.8 Å². The van der Waals surface area contributed by atoms with E-state index in [0.717, 1.165) is 32.6 Å². The van der Waals surface area contributed by atoms with Gasteiger partial charge in [-0.3, -0.25) is 0 Å². The van der Waals surface area contributed by atoms with Crippen molar-refractivity contribution in [3.05, 3.63) is 44.8 Å². The second-order valence-corrected chi connectivity index (χ2v) is 6.58. The number of likely N-dealkylation sites (N-methyl/N-ethyl adjacent to an activating group) is 1. The molecular formula is C15H22N2S2. The lowest BCUT2D eigenvalue weighted by atomic mass is 10.2. The molecule has 0 atom stereocenters. The Morgan fingerprint density at radius 1 is 1.11 bits per heavy atom. The van der Waals surface area contributed by atoms with E-state index in [9.17, 15) is 0 Å². The molecule has 104 valence electrons. The number of hydrogen-bond acceptors (Lipinski definition) is 4. The van der Waals surface area contributed by atoms with Crippen LogP contribution in [0.2, 0.25) is 0 Å².